The van der Waals surface area contributed by atoms with E-state index in [0.29, 0.717) is 12.8 Å². The Hall–Kier alpha value is -1.62. The lowest BCUT2D eigenvalue weighted by molar-refractivity contribution is -0.153. The summed E-state index contributed by atoms with van der Waals surface area (Å²) in [4.78, 5) is 28.5. The molecule has 5 nitrogen and oxygen atoms in total. The van der Waals surface area contributed by atoms with Crippen molar-refractivity contribution in [1.29, 1.82) is 0 Å². The molecule has 0 saturated heterocycles. The topological polar surface area (TPSA) is 55.8 Å². The highest BCUT2D eigenvalue weighted by Crippen LogP contribution is 2.40. The number of allylic oxidation sites excluding steroid dienone is 4. The molecule has 0 radical (unpaired) electrons. The first-order valence-corrected chi connectivity index (χ1v) is 26.7. The van der Waals surface area contributed by atoms with Crippen molar-refractivity contribution in [2.75, 3.05) is 20.6 Å². The van der Waals surface area contributed by atoms with Crippen LogP contribution in [-0.2, 0) is 19.1 Å². The van der Waals surface area contributed by atoms with Crippen LogP contribution in [0.2, 0.25) is 0 Å². The number of unbranched alkanes of at least 4 members (excludes halogenated alkanes) is 26. The first kappa shape index (κ1) is 56.4. The molecule has 3 atom stereocenters. The third-order valence-electron chi connectivity index (χ3n) is 13.1. The smallest absolute Gasteiger partial charge is 0.306 e. The number of hydrogen-bond acceptors (Lipinski definition) is 5. The van der Waals surface area contributed by atoms with Gasteiger partial charge in [0.2, 0.25) is 0 Å². The molecular formula is C55H103NO4. The van der Waals surface area contributed by atoms with Crippen LogP contribution in [0.15, 0.2) is 24.3 Å². The molecule has 1 rings (SSSR count). The van der Waals surface area contributed by atoms with Crippen molar-refractivity contribution in [1.82, 2.24) is 4.90 Å². The van der Waals surface area contributed by atoms with E-state index < -0.39 is 0 Å². The number of carbonyl (C=O) groups is 2. The molecule has 3 unspecified atom stereocenters. The maximum absolute atomic E-state index is 13.6. The van der Waals surface area contributed by atoms with Gasteiger partial charge < -0.3 is 14.4 Å². The summed E-state index contributed by atoms with van der Waals surface area (Å²) in [6.45, 7) is 7.70. The summed E-state index contributed by atoms with van der Waals surface area (Å²) in [5.74, 6) is 0.437. The van der Waals surface area contributed by atoms with Crippen LogP contribution in [0.4, 0.5) is 0 Å². The second-order valence-electron chi connectivity index (χ2n) is 19.2. The highest BCUT2D eigenvalue weighted by atomic mass is 16.5. The monoisotopic (exact) mass is 842 g/mol. The molecule has 1 aliphatic carbocycles. The molecule has 1 aliphatic rings. The van der Waals surface area contributed by atoms with Crippen molar-refractivity contribution >= 4 is 11.9 Å². The van der Waals surface area contributed by atoms with Gasteiger partial charge >= 0.3 is 11.9 Å². The summed E-state index contributed by atoms with van der Waals surface area (Å²) < 4.78 is 12.5. The van der Waals surface area contributed by atoms with Gasteiger partial charge in [-0.2, -0.15) is 0 Å². The molecule has 0 aromatic heterocycles. The molecule has 1 fully saturated rings. The Morgan fingerprint density at radius 1 is 0.517 bits per heavy atom. The zero-order chi connectivity index (χ0) is 43.6. The molecule has 0 heterocycles. The average molecular weight is 842 g/mol. The normalized spacial score (nSPS) is 16.9. The maximum atomic E-state index is 13.6. The Morgan fingerprint density at radius 2 is 0.933 bits per heavy atom. The van der Waals surface area contributed by atoms with Crippen molar-refractivity contribution in [3.8, 4) is 0 Å². The molecule has 0 N–H and O–H groups in total. The van der Waals surface area contributed by atoms with Crippen molar-refractivity contribution in [3.63, 3.8) is 0 Å². The summed E-state index contributed by atoms with van der Waals surface area (Å²) in [5.41, 5.74) is 0. The van der Waals surface area contributed by atoms with Gasteiger partial charge in [0.25, 0.3) is 0 Å². The van der Waals surface area contributed by atoms with E-state index in [2.05, 4.69) is 50.0 Å². The van der Waals surface area contributed by atoms with E-state index in [1.165, 1.54) is 180 Å². The zero-order valence-corrected chi connectivity index (χ0v) is 41.0. The molecule has 0 amide bonds. The molecule has 5 heteroatoms. The second-order valence-corrected chi connectivity index (χ2v) is 19.2. The number of nitrogens with zero attached hydrogens (tertiary/aromatic N) is 1. The summed E-state index contributed by atoms with van der Waals surface area (Å²) in [6.07, 6.45) is 56.5. The Morgan fingerprint density at radius 3 is 1.38 bits per heavy atom. The Labute approximate surface area is 374 Å². The maximum Gasteiger partial charge on any atom is 0.306 e. The van der Waals surface area contributed by atoms with Gasteiger partial charge in [-0.25, -0.2) is 0 Å². The Kier molecular flexibility index (Phi) is 40.1. The zero-order valence-electron chi connectivity index (χ0n) is 41.0. The molecule has 352 valence electrons. The van der Waals surface area contributed by atoms with Crippen molar-refractivity contribution in [2.24, 2.45) is 11.8 Å². The molecule has 60 heavy (non-hydrogen) atoms. The van der Waals surface area contributed by atoms with E-state index in [0.717, 1.165) is 64.3 Å². The van der Waals surface area contributed by atoms with Crippen LogP contribution < -0.4 is 0 Å². The van der Waals surface area contributed by atoms with Crippen molar-refractivity contribution in [3.05, 3.63) is 24.3 Å². The Balaban J connectivity index is 2.51. The fourth-order valence-corrected chi connectivity index (χ4v) is 9.28. The fourth-order valence-electron chi connectivity index (χ4n) is 9.28. The van der Waals surface area contributed by atoms with Gasteiger partial charge in [-0.1, -0.05) is 180 Å². The van der Waals surface area contributed by atoms with Crippen LogP contribution in [0.25, 0.3) is 0 Å². The quantitative estimate of drug-likeness (QED) is 0.0347. The summed E-state index contributed by atoms with van der Waals surface area (Å²) in [6, 6.07) is 0. The number of hydrogen-bond donors (Lipinski definition) is 0. The van der Waals surface area contributed by atoms with E-state index in [4.69, 9.17) is 9.47 Å². The van der Waals surface area contributed by atoms with Crippen LogP contribution in [0.3, 0.4) is 0 Å². The van der Waals surface area contributed by atoms with Gasteiger partial charge in [0.1, 0.15) is 12.2 Å². The van der Waals surface area contributed by atoms with Gasteiger partial charge in [0.05, 0.1) is 0 Å². The minimum atomic E-state index is -0.0723. The number of carbonyl (C=O) groups excluding carboxylic acids is 2. The third kappa shape index (κ3) is 34.9. The summed E-state index contributed by atoms with van der Waals surface area (Å²) in [7, 11) is 4.08. The van der Waals surface area contributed by atoms with Crippen molar-refractivity contribution < 1.29 is 19.1 Å². The molecule has 0 aliphatic heterocycles. The number of ether oxygens (including phenoxy) is 2. The number of esters is 2. The predicted molar refractivity (Wildman–Crippen MR) is 261 cm³/mol. The van der Waals surface area contributed by atoms with Crippen molar-refractivity contribution in [2.45, 2.75) is 283 Å². The second kappa shape index (κ2) is 42.7. The lowest BCUT2D eigenvalue weighted by Gasteiger charge is -2.26. The standard InChI is InChI=1S/C55H103NO4/c1-6-9-12-14-16-18-20-22-24-26-28-30-32-34-36-39-42-51(43-40-37-35-33-31-29-27-25-23-21-19-17-15-13-10-7-2)59-55(58)49-50-46-47-53(52(50)44-38-11-8-3)60-54(57)45-41-48-56(4)5/h22-25,50-53H,6-21,26-49H2,1-5H3/b24-22-,25-23-. The first-order chi connectivity index (χ1) is 29.4. The largest absolute Gasteiger partial charge is 0.462 e. The Bertz CT molecular complexity index is 964. The van der Waals surface area contributed by atoms with E-state index in [1.807, 2.05) is 14.1 Å². The van der Waals surface area contributed by atoms with E-state index in [1.54, 1.807) is 0 Å². The van der Waals surface area contributed by atoms with Crippen LogP contribution in [-0.4, -0.2) is 49.7 Å². The molecule has 0 aromatic carbocycles. The van der Waals surface area contributed by atoms with Gasteiger partial charge in [0, 0.05) is 12.8 Å². The van der Waals surface area contributed by atoms with E-state index in [-0.39, 0.29) is 36.0 Å². The van der Waals surface area contributed by atoms with Crippen LogP contribution in [0.5, 0.6) is 0 Å². The lowest BCUT2D eigenvalue weighted by atomic mass is 9.87. The number of rotatable bonds is 44. The highest BCUT2D eigenvalue weighted by Gasteiger charge is 2.39. The third-order valence-corrected chi connectivity index (χ3v) is 13.1. The van der Waals surface area contributed by atoms with Gasteiger partial charge in [-0.3, -0.25) is 9.59 Å². The average Bonchev–Trinajstić information content (AvgIpc) is 3.59. The molecule has 0 spiro atoms. The first-order valence-electron chi connectivity index (χ1n) is 26.7. The van der Waals surface area contributed by atoms with E-state index >= 15 is 0 Å². The lowest BCUT2D eigenvalue weighted by Crippen LogP contribution is -2.28. The SMILES string of the molecule is CCCCCCCC/C=C\CCCCCCCCC(CCCCCCCC/C=C\CCCCCCCC)OC(=O)CC1CCC(OC(=O)CCCN(C)C)C1CCCCC. The summed E-state index contributed by atoms with van der Waals surface area (Å²) in [5, 5.41) is 0. The molecule has 0 bridgehead atoms. The highest BCUT2D eigenvalue weighted by molar-refractivity contribution is 5.70. The van der Waals surface area contributed by atoms with E-state index in [9.17, 15) is 9.59 Å². The minimum Gasteiger partial charge on any atom is -0.462 e. The van der Waals surface area contributed by atoms with Gasteiger partial charge in [-0.05, 0) is 135 Å². The van der Waals surface area contributed by atoms with Crippen LogP contribution in [0.1, 0.15) is 271 Å². The predicted octanol–water partition coefficient (Wildman–Crippen LogP) is 17.0. The molecular weight excluding hydrogens is 739 g/mol. The van der Waals surface area contributed by atoms with Crippen LogP contribution in [0, 0.1) is 11.8 Å². The van der Waals surface area contributed by atoms with Crippen LogP contribution >= 0.6 is 0 Å². The fraction of sp³-hybridized carbons (Fsp3) is 0.891. The molecule has 1 saturated carbocycles. The van der Waals surface area contributed by atoms with Gasteiger partial charge in [-0.15, -0.1) is 0 Å². The van der Waals surface area contributed by atoms with Gasteiger partial charge in [0.15, 0.2) is 0 Å². The summed E-state index contributed by atoms with van der Waals surface area (Å²) >= 11 is 0. The molecule has 0 aromatic rings. The minimum absolute atomic E-state index is 0.0162.